The van der Waals surface area contributed by atoms with Gasteiger partial charge in [0.15, 0.2) is 5.16 Å². The molecule has 114 valence electrons. The number of halogens is 1. The smallest absolute Gasteiger partial charge is 0.196 e. The minimum absolute atomic E-state index is 0.339. The summed E-state index contributed by atoms with van der Waals surface area (Å²) in [6, 6.07) is 6.48. The van der Waals surface area contributed by atoms with Gasteiger partial charge in [-0.05, 0) is 25.1 Å². The van der Waals surface area contributed by atoms with Crippen LogP contribution in [0.3, 0.4) is 0 Å². The van der Waals surface area contributed by atoms with Crippen molar-refractivity contribution in [3.8, 4) is 5.69 Å². The van der Waals surface area contributed by atoms with E-state index in [2.05, 4.69) is 10.2 Å². The third-order valence-electron chi connectivity index (χ3n) is 3.04. The standard InChI is InChI=1S/C14H19FN4OS/c1-2-10(20)9-21-14-18-17-13(7-8-16)19(14)12-6-4-3-5-11(12)15/h3-6,10,20H,2,7-9,16H2,1H3/t10-/m0/s1. The van der Waals surface area contributed by atoms with E-state index in [0.29, 0.717) is 41.8 Å². The van der Waals surface area contributed by atoms with Crippen molar-refractivity contribution in [1.82, 2.24) is 14.8 Å². The topological polar surface area (TPSA) is 77.0 Å². The van der Waals surface area contributed by atoms with Crippen LogP contribution < -0.4 is 5.73 Å². The number of rotatable bonds is 7. The van der Waals surface area contributed by atoms with E-state index >= 15 is 0 Å². The lowest BCUT2D eigenvalue weighted by Crippen LogP contribution is -2.12. The molecular formula is C14H19FN4OS. The van der Waals surface area contributed by atoms with Crippen LogP contribution in [-0.2, 0) is 6.42 Å². The van der Waals surface area contributed by atoms with Crippen molar-refractivity contribution in [3.63, 3.8) is 0 Å². The van der Waals surface area contributed by atoms with Crippen LogP contribution in [0.1, 0.15) is 19.2 Å². The van der Waals surface area contributed by atoms with Crippen LogP contribution in [0.4, 0.5) is 4.39 Å². The summed E-state index contributed by atoms with van der Waals surface area (Å²) in [4.78, 5) is 0. The van der Waals surface area contributed by atoms with Gasteiger partial charge in [-0.15, -0.1) is 10.2 Å². The monoisotopic (exact) mass is 310 g/mol. The zero-order valence-corrected chi connectivity index (χ0v) is 12.7. The second-order valence-electron chi connectivity index (χ2n) is 4.60. The highest BCUT2D eigenvalue weighted by molar-refractivity contribution is 7.99. The Morgan fingerprint density at radius 1 is 1.38 bits per heavy atom. The molecule has 0 spiro atoms. The zero-order chi connectivity index (χ0) is 15.2. The van der Waals surface area contributed by atoms with E-state index in [0.717, 1.165) is 0 Å². The third kappa shape index (κ3) is 3.81. The van der Waals surface area contributed by atoms with E-state index in [-0.39, 0.29) is 5.82 Å². The summed E-state index contributed by atoms with van der Waals surface area (Å²) < 4.78 is 15.7. The first-order valence-corrected chi connectivity index (χ1v) is 7.86. The summed E-state index contributed by atoms with van der Waals surface area (Å²) in [7, 11) is 0. The summed E-state index contributed by atoms with van der Waals surface area (Å²) in [6.07, 6.45) is 0.757. The lowest BCUT2D eigenvalue weighted by atomic mass is 10.3. The quantitative estimate of drug-likeness (QED) is 0.762. The average Bonchev–Trinajstić information content (AvgIpc) is 2.88. The number of nitrogens with two attached hydrogens (primary N) is 1. The SMILES string of the molecule is CC[C@H](O)CSc1nnc(CCN)n1-c1ccccc1F. The molecule has 2 aromatic rings. The highest BCUT2D eigenvalue weighted by atomic mass is 32.2. The van der Waals surface area contributed by atoms with Crippen molar-refractivity contribution < 1.29 is 9.50 Å². The van der Waals surface area contributed by atoms with Gasteiger partial charge in [0.1, 0.15) is 11.6 Å². The molecule has 0 unspecified atom stereocenters. The predicted molar refractivity (Wildman–Crippen MR) is 81.1 cm³/mol. The number of hydrogen-bond acceptors (Lipinski definition) is 5. The predicted octanol–water partition coefficient (Wildman–Crippen LogP) is 1.77. The first-order chi connectivity index (χ1) is 10.2. The van der Waals surface area contributed by atoms with Gasteiger partial charge in [0.25, 0.3) is 0 Å². The molecule has 0 bridgehead atoms. The molecule has 21 heavy (non-hydrogen) atoms. The van der Waals surface area contributed by atoms with Gasteiger partial charge < -0.3 is 10.8 Å². The lowest BCUT2D eigenvalue weighted by molar-refractivity contribution is 0.195. The number of aliphatic hydroxyl groups is 1. The second kappa shape index (κ2) is 7.53. The Morgan fingerprint density at radius 2 is 2.14 bits per heavy atom. The number of hydrogen-bond donors (Lipinski definition) is 2. The molecule has 2 rings (SSSR count). The fourth-order valence-electron chi connectivity index (χ4n) is 1.85. The molecule has 3 N–H and O–H groups in total. The minimum atomic E-state index is -0.418. The van der Waals surface area contributed by atoms with E-state index in [1.54, 1.807) is 22.8 Å². The molecule has 1 heterocycles. The van der Waals surface area contributed by atoms with Crippen molar-refractivity contribution in [2.75, 3.05) is 12.3 Å². The van der Waals surface area contributed by atoms with E-state index in [1.807, 2.05) is 6.92 Å². The van der Waals surface area contributed by atoms with Gasteiger partial charge in [0.2, 0.25) is 0 Å². The van der Waals surface area contributed by atoms with Crippen LogP contribution in [0.15, 0.2) is 29.4 Å². The van der Waals surface area contributed by atoms with Crippen molar-refractivity contribution in [2.45, 2.75) is 31.0 Å². The van der Waals surface area contributed by atoms with E-state index in [9.17, 15) is 9.50 Å². The fourth-order valence-corrected chi connectivity index (χ4v) is 2.86. The molecule has 0 saturated heterocycles. The number of para-hydroxylation sites is 1. The Balaban J connectivity index is 2.36. The number of benzene rings is 1. The molecule has 0 radical (unpaired) electrons. The number of nitrogens with zero attached hydrogens (tertiary/aromatic N) is 3. The van der Waals surface area contributed by atoms with Gasteiger partial charge >= 0.3 is 0 Å². The summed E-state index contributed by atoms with van der Waals surface area (Å²) in [5, 5.41) is 18.4. The Bertz CT molecular complexity index is 590. The summed E-state index contributed by atoms with van der Waals surface area (Å²) >= 11 is 1.36. The van der Waals surface area contributed by atoms with Crippen molar-refractivity contribution >= 4 is 11.8 Å². The highest BCUT2D eigenvalue weighted by Crippen LogP contribution is 2.24. The number of aromatic nitrogens is 3. The molecule has 1 aromatic heterocycles. The van der Waals surface area contributed by atoms with Crippen molar-refractivity contribution in [3.05, 3.63) is 35.9 Å². The first-order valence-electron chi connectivity index (χ1n) is 6.87. The van der Waals surface area contributed by atoms with Crippen LogP contribution in [-0.4, -0.2) is 38.3 Å². The molecular weight excluding hydrogens is 291 g/mol. The number of thioether (sulfide) groups is 1. The summed E-state index contributed by atoms with van der Waals surface area (Å²) in [6.45, 7) is 2.32. The lowest BCUT2D eigenvalue weighted by Gasteiger charge is -2.11. The van der Waals surface area contributed by atoms with Crippen LogP contribution in [0, 0.1) is 5.82 Å². The molecule has 1 aromatic carbocycles. The zero-order valence-electron chi connectivity index (χ0n) is 11.9. The normalized spacial score (nSPS) is 12.6. The van der Waals surface area contributed by atoms with Crippen LogP contribution >= 0.6 is 11.8 Å². The van der Waals surface area contributed by atoms with E-state index in [1.165, 1.54) is 17.8 Å². The van der Waals surface area contributed by atoms with Crippen molar-refractivity contribution in [2.24, 2.45) is 5.73 Å². The molecule has 5 nitrogen and oxygen atoms in total. The fraction of sp³-hybridized carbons (Fsp3) is 0.429. The average molecular weight is 310 g/mol. The maximum Gasteiger partial charge on any atom is 0.196 e. The maximum atomic E-state index is 14.1. The van der Waals surface area contributed by atoms with Crippen LogP contribution in [0.5, 0.6) is 0 Å². The van der Waals surface area contributed by atoms with Gasteiger partial charge in [-0.1, -0.05) is 30.8 Å². The Labute approximate surface area is 127 Å². The Kier molecular flexibility index (Phi) is 5.72. The van der Waals surface area contributed by atoms with Gasteiger partial charge in [-0.2, -0.15) is 0 Å². The number of aliphatic hydroxyl groups excluding tert-OH is 1. The van der Waals surface area contributed by atoms with Crippen LogP contribution in [0.25, 0.3) is 5.69 Å². The van der Waals surface area contributed by atoms with E-state index in [4.69, 9.17) is 5.73 Å². The maximum absolute atomic E-state index is 14.1. The second-order valence-corrected chi connectivity index (χ2v) is 5.58. The summed E-state index contributed by atoms with van der Waals surface area (Å²) in [5.74, 6) is 0.774. The van der Waals surface area contributed by atoms with Crippen molar-refractivity contribution in [1.29, 1.82) is 0 Å². The largest absolute Gasteiger partial charge is 0.392 e. The minimum Gasteiger partial charge on any atom is -0.392 e. The Hall–Kier alpha value is -1.44. The van der Waals surface area contributed by atoms with E-state index < -0.39 is 6.10 Å². The molecule has 0 aliphatic carbocycles. The highest BCUT2D eigenvalue weighted by Gasteiger charge is 2.17. The molecule has 0 fully saturated rings. The van der Waals surface area contributed by atoms with Gasteiger partial charge in [0.05, 0.1) is 11.8 Å². The molecule has 0 aliphatic heterocycles. The molecule has 1 atom stereocenters. The van der Waals surface area contributed by atoms with Gasteiger partial charge in [-0.3, -0.25) is 4.57 Å². The molecule has 7 heteroatoms. The first kappa shape index (κ1) is 15.9. The molecule has 0 aliphatic rings. The summed E-state index contributed by atoms with van der Waals surface area (Å²) in [5.41, 5.74) is 5.98. The Morgan fingerprint density at radius 3 is 2.81 bits per heavy atom. The molecule has 0 saturated carbocycles. The molecule has 0 amide bonds. The third-order valence-corrected chi connectivity index (χ3v) is 4.11. The van der Waals surface area contributed by atoms with Gasteiger partial charge in [-0.25, -0.2) is 4.39 Å². The van der Waals surface area contributed by atoms with Gasteiger partial charge in [0, 0.05) is 12.2 Å². The van der Waals surface area contributed by atoms with Crippen LogP contribution in [0.2, 0.25) is 0 Å².